The van der Waals surface area contributed by atoms with Gasteiger partial charge in [0.05, 0.1) is 13.2 Å². The van der Waals surface area contributed by atoms with Crippen LogP contribution in [0.2, 0.25) is 0 Å². The largest absolute Gasteiger partial charge is 0.379 e. The maximum atomic E-state index is 12.1. The lowest BCUT2D eigenvalue weighted by Gasteiger charge is -2.37. The third-order valence-electron chi connectivity index (χ3n) is 3.59. The highest BCUT2D eigenvalue weighted by Crippen LogP contribution is 2.40. The Hall–Kier alpha value is -0.0900. The van der Waals surface area contributed by atoms with Gasteiger partial charge in [-0.1, -0.05) is 42.6 Å². The van der Waals surface area contributed by atoms with Crippen LogP contribution in [0.3, 0.4) is 0 Å². The van der Waals surface area contributed by atoms with Crippen LogP contribution in [0.15, 0.2) is 0 Å². The second-order valence-electron chi connectivity index (χ2n) is 5.38. The van der Waals surface area contributed by atoms with Crippen LogP contribution in [0.4, 0.5) is 0 Å². The molecule has 1 unspecified atom stereocenters. The molecule has 0 radical (unpaired) electrons. The van der Waals surface area contributed by atoms with Crippen LogP contribution < -0.4 is 5.32 Å². The summed E-state index contributed by atoms with van der Waals surface area (Å²) >= 11 is 3.30. The Balaban J connectivity index is 2.26. The van der Waals surface area contributed by atoms with E-state index in [1.165, 1.54) is 12.8 Å². The maximum absolute atomic E-state index is 12.1. The van der Waals surface area contributed by atoms with Gasteiger partial charge in [-0.25, -0.2) is 0 Å². The normalized spacial score (nSPS) is 23.4. The second-order valence-corrected chi connectivity index (χ2v) is 6.17. The molecule has 1 saturated carbocycles. The molecule has 1 amide bonds. The zero-order valence-corrected chi connectivity index (χ0v) is 12.5. The van der Waals surface area contributed by atoms with Gasteiger partial charge in [-0.3, -0.25) is 4.79 Å². The van der Waals surface area contributed by atoms with E-state index in [1.54, 1.807) is 0 Å². The van der Waals surface area contributed by atoms with Gasteiger partial charge in [0.1, 0.15) is 0 Å². The van der Waals surface area contributed by atoms with Gasteiger partial charge in [-0.15, -0.1) is 0 Å². The Morgan fingerprint density at radius 1 is 1.41 bits per heavy atom. The van der Waals surface area contributed by atoms with Crippen molar-refractivity contribution >= 4 is 21.8 Å². The van der Waals surface area contributed by atoms with Crippen molar-refractivity contribution in [2.45, 2.75) is 39.5 Å². The molecule has 0 heterocycles. The summed E-state index contributed by atoms with van der Waals surface area (Å²) in [6.45, 7) is 6.34. The summed E-state index contributed by atoms with van der Waals surface area (Å²) in [7, 11) is 0. The lowest BCUT2D eigenvalue weighted by atomic mass is 9.68. The number of nitrogens with one attached hydrogen (secondary N) is 1. The lowest BCUT2D eigenvalue weighted by Crippen LogP contribution is -2.42. The fourth-order valence-corrected chi connectivity index (χ4v) is 2.74. The minimum Gasteiger partial charge on any atom is -0.379 e. The van der Waals surface area contributed by atoms with E-state index in [9.17, 15) is 4.79 Å². The Kier molecular flexibility index (Phi) is 6.49. The topological polar surface area (TPSA) is 38.3 Å². The standard InChI is InChI=1S/C13H24BrNO2/c1-13(2)6-4-3-5-11(13)12(16)15-8-10-17-9-7-14/h11H,3-10H2,1-2H3,(H,15,16). The smallest absolute Gasteiger partial charge is 0.223 e. The molecule has 1 aliphatic carbocycles. The Morgan fingerprint density at radius 3 is 2.82 bits per heavy atom. The SMILES string of the molecule is CC1(C)CCCCC1C(=O)NCCOCCBr. The number of rotatable bonds is 6. The van der Waals surface area contributed by atoms with Crippen molar-refractivity contribution in [2.75, 3.05) is 25.1 Å². The predicted octanol–water partition coefficient (Wildman–Crippen LogP) is 2.73. The van der Waals surface area contributed by atoms with Crippen molar-refractivity contribution in [3.63, 3.8) is 0 Å². The minimum atomic E-state index is 0.152. The highest BCUT2D eigenvalue weighted by atomic mass is 79.9. The van der Waals surface area contributed by atoms with Crippen molar-refractivity contribution in [3.8, 4) is 0 Å². The maximum Gasteiger partial charge on any atom is 0.223 e. The van der Waals surface area contributed by atoms with Crippen molar-refractivity contribution in [1.29, 1.82) is 0 Å². The zero-order chi connectivity index (χ0) is 12.7. The van der Waals surface area contributed by atoms with Gasteiger partial charge in [0.25, 0.3) is 0 Å². The van der Waals surface area contributed by atoms with Crippen LogP contribution in [0.25, 0.3) is 0 Å². The lowest BCUT2D eigenvalue weighted by molar-refractivity contribution is -0.130. The fraction of sp³-hybridized carbons (Fsp3) is 0.923. The average molecular weight is 306 g/mol. The number of hydrogen-bond donors (Lipinski definition) is 1. The number of hydrogen-bond acceptors (Lipinski definition) is 2. The van der Waals surface area contributed by atoms with Crippen molar-refractivity contribution < 1.29 is 9.53 Å². The van der Waals surface area contributed by atoms with E-state index >= 15 is 0 Å². The molecule has 0 saturated heterocycles. The molecule has 0 spiro atoms. The molecule has 0 aromatic heterocycles. The first kappa shape index (κ1) is 15.0. The fourth-order valence-electron chi connectivity index (χ4n) is 2.51. The molecule has 3 nitrogen and oxygen atoms in total. The van der Waals surface area contributed by atoms with Gasteiger partial charge in [-0.05, 0) is 18.3 Å². The third kappa shape index (κ3) is 4.96. The van der Waals surface area contributed by atoms with Gasteiger partial charge in [0.2, 0.25) is 5.91 Å². The summed E-state index contributed by atoms with van der Waals surface area (Å²) in [6, 6.07) is 0. The molecule has 0 bridgehead atoms. The van der Waals surface area contributed by atoms with E-state index in [1.807, 2.05) is 0 Å². The summed E-state index contributed by atoms with van der Waals surface area (Å²) < 4.78 is 5.31. The molecule has 4 heteroatoms. The molecule has 0 aromatic rings. The van der Waals surface area contributed by atoms with Crippen molar-refractivity contribution in [2.24, 2.45) is 11.3 Å². The van der Waals surface area contributed by atoms with Crippen LogP contribution in [0.5, 0.6) is 0 Å². The molecule has 1 atom stereocenters. The average Bonchev–Trinajstić information content (AvgIpc) is 2.28. The van der Waals surface area contributed by atoms with Gasteiger partial charge in [0.15, 0.2) is 0 Å². The first-order chi connectivity index (χ1) is 8.08. The van der Waals surface area contributed by atoms with Crippen LogP contribution >= 0.6 is 15.9 Å². The van der Waals surface area contributed by atoms with Crippen LogP contribution in [0.1, 0.15) is 39.5 Å². The monoisotopic (exact) mass is 305 g/mol. The summed E-state index contributed by atoms with van der Waals surface area (Å²) in [4.78, 5) is 12.1. The zero-order valence-electron chi connectivity index (χ0n) is 10.9. The molecule has 0 aromatic carbocycles. The highest BCUT2D eigenvalue weighted by Gasteiger charge is 2.36. The molecular weight excluding hydrogens is 282 g/mol. The molecule has 1 aliphatic rings. The third-order valence-corrected chi connectivity index (χ3v) is 3.91. The number of amides is 1. The van der Waals surface area contributed by atoms with Crippen molar-refractivity contribution in [3.05, 3.63) is 0 Å². The Bertz CT molecular complexity index is 244. The molecule has 17 heavy (non-hydrogen) atoms. The van der Waals surface area contributed by atoms with Gasteiger partial charge < -0.3 is 10.1 Å². The first-order valence-corrected chi connectivity index (χ1v) is 7.61. The van der Waals surface area contributed by atoms with Crippen LogP contribution in [-0.2, 0) is 9.53 Å². The molecule has 0 aliphatic heterocycles. The van der Waals surface area contributed by atoms with Gasteiger partial charge in [-0.2, -0.15) is 0 Å². The van der Waals surface area contributed by atoms with E-state index in [4.69, 9.17) is 4.74 Å². The van der Waals surface area contributed by atoms with E-state index in [0.717, 1.165) is 18.2 Å². The number of ether oxygens (including phenoxy) is 1. The van der Waals surface area contributed by atoms with E-state index in [2.05, 4.69) is 35.1 Å². The first-order valence-electron chi connectivity index (χ1n) is 6.49. The number of carbonyl (C=O) groups excluding carboxylic acids is 1. The molecule has 100 valence electrons. The summed E-state index contributed by atoms with van der Waals surface area (Å²) in [5.74, 6) is 0.379. The minimum absolute atomic E-state index is 0.152. The van der Waals surface area contributed by atoms with E-state index < -0.39 is 0 Å². The Labute approximate surface area is 113 Å². The number of carbonyl (C=O) groups is 1. The van der Waals surface area contributed by atoms with Gasteiger partial charge in [0, 0.05) is 17.8 Å². The molecular formula is C13H24BrNO2. The second kappa shape index (κ2) is 7.37. The summed E-state index contributed by atoms with van der Waals surface area (Å²) in [6.07, 6.45) is 4.62. The van der Waals surface area contributed by atoms with Crippen molar-refractivity contribution in [1.82, 2.24) is 5.32 Å². The van der Waals surface area contributed by atoms with Gasteiger partial charge >= 0.3 is 0 Å². The highest BCUT2D eigenvalue weighted by molar-refractivity contribution is 9.09. The van der Waals surface area contributed by atoms with E-state index in [0.29, 0.717) is 19.8 Å². The predicted molar refractivity (Wildman–Crippen MR) is 73.4 cm³/mol. The van der Waals surface area contributed by atoms with E-state index in [-0.39, 0.29) is 17.2 Å². The van der Waals surface area contributed by atoms with Crippen LogP contribution in [-0.4, -0.2) is 31.0 Å². The van der Waals surface area contributed by atoms with Crippen LogP contribution in [0, 0.1) is 11.3 Å². The quantitative estimate of drug-likeness (QED) is 0.605. The molecule has 1 fully saturated rings. The molecule has 1 rings (SSSR count). The Morgan fingerprint density at radius 2 is 2.18 bits per heavy atom. The molecule has 1 N–H and O–H groups in total. The number of halogens is 1. The summed E-state index contributed by atoms with van der Waals surface area (Å²) in [5.41, 5.74) is 0.152. The summed E-state index contributed by atoms with van der Waals surface area (Å²) in [5, 5.41) is 3.83. The number of alkyl halides is 1.